The van der Waals surface area contributed by atoms with Crippen molar-refractivity contribution in [3.05, 3.63) is 22.2 Å². The molecule has 0 aliphatic carbocycles. The molecule has 0 spiro atoms. The zero-order chi connectivity index (χ0) is 15.0. The standard InChI is InChI=1S/C13H21BrN2O2S/c1-8(2)10(4)16(5)19(17,18)13-7-11(14)6-12(15)9(13)3/h6-8,10H,15H2,1-5H3. The van der Waals surface area contributed by atoms with Gasteiger partial charge in [0.1, 0.15) is 0 Å². The Morgan fingerprint density at radius 2 is 1.79 bits per heavy atom. The van der Waals surface area contributed by atoms with E-state index in [9.17, 15) is 8.42 Å². The Morgan fingerprint density at radius 1 is 1.26 bits per heavy atom. The van der Waals surface area contributed by atoms with Crippen LogP contribution < -0.4 is 5.73 Å². The van der Waals surface area contributed by atoms with Gasteiger partial charge in [0.15, 0.2) is 0 Å². The molecule has 0 saturated carbocycles. The van der Waals surface area contributed by atoms with E-state index in [0.29, 0.717) is 15.7 Å². The highest BCUT2D eigenvalue weighted by Crippen LogP contribution is 2.29. The minimum absolute atomic E-state index is 0.0791. The summed E-state index contributed by atoms with van der Waals surface area (Å²) in [6.45, 7) is 7.62. The van der Waals surface area contributed by atoms with Crippen molar-refractivity contribution in [3.63, 3.8) is 0 Å². The summed E-state index contributed by atoms with van der Waals surface area (Å²) in [6, 6.07) is 3.23. The van der Waals surface area contributed by atoms with Crippen LogP contribution in [0.15, 0.2) is 21.5 Å². The molecule has 4 nitrogen and oxygen atoms in total. The number of nitrogens with zero attached hydrogens (tertiary/aromatic N) is 1. The topological polar surface area (TPSA) is 63.4 Å². The molecular weight excluding hydrogens is 328 g/mol. The van der Waals surface area contributed by atoms with Crippen molar-refractivity contribution in [3.8, 4) is 0 Å². The summed E-state index contributed by atoms with van der Waals surface area (Å²) in [5.41, 5.74) is 6.90. The molecule has 1 rings (SSSR count). The van der Waals surface area contributed by atoms with Crippen LogP contribution >= 0.6 is 15.9 Å². The molecule has 0 aliphatic heterocycles. The second kappa shape index (κ2) is 5.81. The number of halogens is 1. The van der Waals surface area contributed by atoms with E-state index in [-0.39, 0.29) is 16.9 Å². The largest absolute Gasteiger partial charge is 0.398 e. The van der Waals surface area contributed by atoms with Crippen molar-refractivity contribution in [2.75, 3.05) is 12.8 Å². The first kappa shape index (κ1) is 16.5. The maximum atomic E-state index is 12.7. The first-order valence-electron chi connectivity index (χ1n) is 6.12. The Bertz CT molecular complexity index is 570. The van der Waals surface area contributed by atoms with Crippen LogP contribution in [0.3, 0.4) is 0 Å². The van der Waals surface area contributed by atoms with Crippen molar-refractivity contribution < 1.29 is 8.42 Å². The highest BCUT2D eigenvalue weighted by Gasteiger charge is 2.29. The van der Waals surface area contributed by atoms with Gasteiger partial charge in [0.25, 0.3) is 0 Å². The normalized spacial score (nSPS) is 14.1. The van der Waals surface area contributed by atoms with Crippen LogP contribution in [0.5, 0.6) is 0 Å². The summed E-state index contributed by atoms with van der Waals surface area (Å²) in [5.74, 6) is 0.240. The maximum Gasteiger partial charge on any atom is 0.243 e. The summed E-state index contributed by atoms with van der Waals surface area (Å²) in [5, 5.41) is 0. The monoisotopic (exact) mass is 348 g/mol. The third kappa shape index (κ3) is 3.30. The summed E-state index contributed by atoms with van der Waals surface area (Å²) in [7, 11) is -1.93. The van der Waals surface area contributed by atoms with E-state index in [0.717, 1.165) is 0 Å². The average molecular weight is 349 g/mol. The van der Waals surface area contributed by atoms with Crippen LogP contribution in [0.25, 0.3) is 0 Å². The van der Waals surface area contributed by atoms with Gasteiger partial charge in [-0.25, -0.2) is 8.42 Å². The first-order valence-corrected chi connectivity index (χ1v) is 8.36. The maximum absolute atomic E-state index is 12.7. The van der Waals surface area contributed by atoms with Crippen LogP contribution in [0, 0.1) is 12.8 Å². The van der Waals surface area contributed by atoms with Gasteiger partial charge < -0.3 is 5.73 Å². The van der Waals surface area contributed by atoms with Crippen molar-refractivity contribution in [1.29, 1.82) is 0 Å². The van der Waals surface area contributed by atoms with Crippen molar-refractivity contribution in [2.24, 2.45) is 5.92 Å². The quantitative estimate of drug-likeness (QED) is 0.850. The molecule has 19 heavy (non-hydrogen) atoms. The number of rotatable bonds is 4. The molecule has 108 valence electrons. The molecule has 2 N–H and O–H groups in total. The van der Waals surface area contributed by atoms with E-state index in [1.165, 1.54) is 4.31 Å². The zero-order valence-corrected chi connectivity index (χ0v) is 14.3. The molecule has 1 atom stereocenters. The summed E-state index contributed by atoms with van der Waals surface area (Å²) < 4.78 is 27.4. The van der Waals surface area contributed by atoms with Crippen LogP contribution in [0.4, 0.5) is 5.69 Å². The summed E-state index contributed by atoms with van der Waals surface area (Å²) in [6.07, 6.45) is 0. The predicted octanol–water partition coefficient (Wildman–Crippen LogP) is 3.00. The first-order chi connectivity index (χ1) is 8.59. The molecule has 1 aromatic carbocycles. The number of benzene rings is 1. The van der Waals surface area contributed by atoms with Gasteiger partial charge in [-0.05, 0) is 37.5 Å². The van der Waals surface area contributed by atoms with E-state index >= 15 is 0 Å². The molecule has 0 bridgehead atoms. The minimum atomic E-state index is -3.54. The number of hydrogen-bond acceptors (Lipinski definition) is 3. The van der Waals surface area contributed by atoms with Gasteiger partial charge in [-0.1, -0.05) is 29.8 Å². The van der Waals surface area contributed by atoms with Crippen LogP contribution in [-0.4, -0.2) is 25.8 Å². The summed E-state index contributed by atoms with van der Waals surface area (Å²) >= 11 is 3.29. The second-order valence-electron chi connectivity index (χ2n) is 5.12. The zero-order valence-electron chi connectivity index (χ0n) is 11.9. The summed E-state index contributed by atoms with van der Waals surface area (Å²) in [4.78, 5) is 0.259. The molecule has 1 aromatic rings. The van der Waals surface area contributed by atoms with Gasteiger partial charge in [0.05, 0.1) is 4.90 Å². The Kier molecular flexibility index (Phi) is 5.03. The number of sulfonamides is 1. The average Bonchev–Trinajstić information content (AvgIpc) is 2.31. The fourth-order valence-corrected chi connectivity index (χ4v) is 4.14. The number of nitrogens with two attached hydrogens (primary N) is 1. The second-order valence-corrected chi connectivity index (χ2v) is 8.01. The Morgan fingerprint density at radius 3 is 2.26 bits per heavy atom. The molecule has 0 aliphatic rings. The lowest BCUT2D eigenvalue weighted by atomic mass is 10.1. The van der Waals surface area contributed by atoms with Crippen LogP contribution in [-0.2, 0) is 10.0 Å². The Hall–Kier alpha value is -0.590. The third-order valence-corrected chi connectivity index (χ3v) is 6.09. The van der Waals surface area contributed by atoms with Crippen molar-refractivity contribution in [1.82, 2.24) is 4.31 Å². The van der Waals surface area contributed by atoms with Crippen molar-refractivity contribution >= 4 is 31.6 Å². The number of hydrogen-bond donors (Lipinski definition) is 1. The number of nitrogen functional groups attached to an aromatic ring is 1. The molecule has 0 fully saturated rings. The molecule has 1 unspecified atom stereocenters. The smallest absolute Gasteiger partial charge is 0.243 e. The van der Waals surface area contributed by atoms with E-state index in [1.807, 2.05) is 20.8 Å². The lowest BCUT2D eigenvalue weighted by Crippen LogP contribution is -2.38. The highest BCUT2D eigenvalue weighted by molar-refractivity contribution is 9.10. The molecule has 0 amide bonds. The molecule has 0 heterocycles. The molecular formula is C13H21BrN2O2S. The highest BCUT2D eigenvalue weighted by atomic mass is 79.9. The van der Waals surface area contributed by atoms with Gasteiger partial charge in [-0.3, -0.25) is 0 Å². The SMILES string of the molecule is Cc1c(N)cc(Br)cc1S(=O)(=O)N(C)C(C)C(C)C. The van der Waals surface area contributed by atoms with Gasteiger partial charge in [-0.2, -0.15) is 4.31 Å². The van der Waals surface area contributed by atoms with E-state index in [2.05, 4.69) is 15.9 Å². The third-order valence-electron chi connectivity index (χ3n) is 3.56. The van der Waals surface area contributed by atoms with E-state index in [4.69, 9.17) is 5.73 Å². The fourth-order valence-electron chi connectivity index (χ4n) is 1.74. The lowest BCUT2D eigenvalue weighted by molar-refractivity contribution is 0.315. The molecule has 6 heteroatoms. The van der Waals surface area contributed by atoms with Gasteiger partial charge >= 0.3 is 0 Å². The van der Waals surface area contributed by atoms with Gasteiger partial charge in [0.2, 0.25) is 10.0 Å². The number of anilines is 1. The fraction of sp³-hybridized carbons (Fsp3) is 0.538. The predicted molar refractivity (Wildman–Crippen MR) is 82.5 cm³/mol. The van der Waals surface area contributed by atoms with Crippen molar-refractivity contribution in [2.45, 2.75) is 38.6 Å². The molecule has 0 saturated heterocycles. The van der Waals surface area contributed by atoms with Crippen LogP contribution in [0.2, 0.25) is 0 Å². The molecule has 0 radical (unpaired) electrons. The lowest BCUT2D eigenvalue weighted by Gasteiger charge is -2.28. The Balaban J connectivity index is 3.36. The van der Waals surface area contributed by atoms with Gasteiger partial charge in [-0.15, -0.1) is 0 Å². The minimum Gasteiger partial charge on any atom is -0.398 e. The van der Waals surface area contributed by atoms with E-state index < -0.39 is 10.0 Å². The van der Waals surface area contributed by atoms with E-state index in [1.54, 1.807) is 26.1 Å². The molecule has 0 aromatic heterocycles. The Labute approximate surface area is 124 Å². The van der Waals surface area contributed by atoms with Gasteiger partial charge in [0, 0.05) is 23.2 Å². The van der Waals surface area contributed by atoms with Crippen LogP contribution in [0.1, 0.15) is 26.3 Å².